The third kappa shape index (κ3) is 7.63. The molecule has 0 saturated carbocycles. The largest absolute Gasteiger partial charge is 0.482 e. The lowest BCUT2D eigenvalue weighted by Gasteiger charge is -2.41. The van der Waals surface area contributed by atoms with E-state index in [-0.39, 0.29) is 17.4 Å². The number of halogens is 3. The van der Waals surface area contributed by atoms with Gasteiger partial charge in [-0.15, -0.1) is 0 Å². The van der Waals surface area contributed by atoms with E-state index in [9.17, 15) is 13.2 Å². The molecule has 0 radical (unpaired) electrons. The number of morpholine rings is 1. The first-order valence-corrected chi connectivity index (χ1v) is 20.1. The SMILES string of the molecule is Cn1cc(-c2cc(Nc3nc(Nc4ccc5nccnc5c4P(C)C)c4cc[nH]c4n3)c(OCC(F)(F)F)cc2N2CCC(N3CCOCC3)CC2)cn1. The zero-order valence-electron chi connectivity index (χ0n) is 30.2. The van der Waals surface area contributed by atoms with Crippen LogP contribution in [0.3, 0.4) is 0 Å². The number of ether oxygens (including phenoxy) is 2. The Morgan fingerprint density at radius 1 is 0.981 bits per heavy atom. The number of fused-ring (bicyclic) bond motifs is 2. The lowest BCUT2D eigenvalue weighted by molar-refractivity contribution is -0.153. The van der Waals surface area contributed by atoms with E-state index in [1.54, 1.807) is 35.5 Å². The number of nitrogens with zero attached hydrogens (tertiary/aromatic N) is 8. The van der Waals surface area contributed by atoms with E-state index in [0.717, 1.165) is 96.5 Å². The highest BCUT2D eigenvalue weighted by Crippen LogP contribution is 2.42. The predicted molar refractivity (Wildman–Crippen MR) is 206 cm³/mol. The predicted octanol–water partition coefficient (Wildman–Crippen LogP) is 6.40. The first kappa shape index (κ1) is 36.0. The summed E-state index contributed by atoms with van der Waals surface area (Å²) in [5.74, 6) is 0.709. The van der Waals surface area contributed by atoms with Gasteiger partial charge in [0.1, 0.15) is 17.2 Å². The molecule has 17 heteroatoms. The van der Waals surface area contributed by atoms with Gasteiger partial charge in [0.15, 0.2) is 6.61 Å². The van der Waals surface area contributed by atoms with Gasteiger partial charge in [0, 0.05) is 97.9 Å². The number of aromatic amines is 1. The summed E-state index contributed by atoms with van der Waals surface area (Å²) in [4.78, 5) is 26.6. The van der Waals surface area contributed by atoms with E-state index in [1.165, 1.54) is 0 Å². The minimum absolute atomic E-state index is 0.0351. The van der Waals surface area contributed by atoms with Gasteiger partial charge >= 0.3 is 6.18 Å². The lowest BCUT2D eigenvalue weighted by atomic mass is 9.99. The van der Waals surface area contributed by atoms with Gasteiger partial charge < -0.3 is 30.0 Å². The maximum Gasteiger partial charge on any atom is 0.422 e. The van der Waals surface area contributed by atoms with Gasteiger partial charge in [-0.2, -0.15) is 28.2 Å². The quantitative estimate of drug-likeness (QED) is 0.134. The van der Waals surface area contributed by atoms with Crippen LogP contribution in [0.2, 0.25) is 0 Å². The van der Waals surface area contributed by atoms with Crippen molar-refractivity contribution in [3.05, 3.63) is 61.3 Å². The van der Waals surface area contributed by atoms with Crippen molar-refractivity contribution in [3.63, 3.8) is 0 Å². The molecule has 2 aromatic carbocycles. The summed E-state index contributed by atoms with van der Waals surface area (Å²) >= 11 is 0. The zero-order valence-corrected chi connectivity index (χ0v) is 31.1. The summed E-state index contributed by atoms with van der Waals surface area (Å²) in [7, 11) is 1.22. The van der Waals surface area contributed by atoms with Gasteiger partial charge in [0.05, 0.1) is 41.5 Å². The lowest BCUT2D eigenvalue weighted by Crippen LogP contribution is -2.49. The highest BCUT2D eigenvalue weighted by Gasteiger charge is 2.31. The molecule has 54 heavy (non-hydrogen) atoms. The number of aryl methyl sites for hydroxylation is 1. The molecule has 282 valence electrons. The Kier molecular flexibility index (Phi) is 9.99. The first-order valence-electron chi connectivity index (χ1n) is 17.8. The van der Waals surface area contributed by atoms with Crippen molar-refractivity contribution in [2.45, 2.75) is 25.1 Å². The van der Waals surface area contributed by atoms with Crippen LogP contribution in [0, 0.1) is 0 Å². The molecular weight excluding hydrogens is 718 g/mol. The van der Waals surface area contributed by atoms with E-state index in [4.69, 9.17) is 19.4 Å². The molecular formula is C37H41F3N11O2P. The normalized spacial score (nSPS) is 16.1. The van der Waals surface area contributed by atoms with Crippen molar-refractivity contribution in [1.29, 1.82) is 0 Å². The van der Waals surface area contributed by atoms with Crippen LogP contribution in [-0.4, -0.2) is 111 Å². The molecule has 0 aliphatic carbocycles. The maximum atomic E-state index is 13.7. The number of hydrogen-bond donors (Lipinski definition) is 3. The van der Waals surface area contributed by atoms with Crippen LogP contribution in [-0.2, 0) is 11.8 Å². The number of nitrogens with one attached hydrogen (secondary N) is 3. The van der Waals surface area contributed by atoms with Gasteiger partial charge in [0.2, 0.25) is 5.95 Å². The fourth-order valence-corrected chi connectivity index (χ4v) is 8.54. The molecule has 4 aromatic heterocycles. The van der Waals surface area contributed by atoms with Crippen LogP contribution in [0.5, 0.6) is 5.75 Å². The van der Waals surface area contributed by atoms with Gasteiger partial charge in [-0.05, 0) is 50.4 Å². The maximum absolute atomic E-state index is 13.7. The highest BCUT2D eigenvalue weighted by atomic mass is 31.1. The molecule has 2 aliphatic rings. The molecule has 2 saturated heterocycles. The van der Waals surface area contributed by atoms with E-state index in [0.29, 0.717) is 17.5 Å². The fourth-order valence-electron chi connectivity index (χ4n) is 7.33. The standard InChI is InChI=1S/C37H41F3N11O2P/c1-49-21-23(20-44-49)26-18-29(31(53-22-37(38,39)40)19-30(26)51-12-7-24(8-13-51)50-14-16-52-17-15-50)46-36-47-34-25(6-9-43-34)35(48-36)45-28-5-4-27-32(33(28)54(2)3)42-11-10-41-27/h4-6,9-11,18-21,24H,7-8,12-17,22H2,1-3H3,(H3,43,45,46,47,48). The minimum atomic E-state index is -4.55. The molecule has 0 bridgehead atoms. The van der Waals surface area contributed by atoms with Gasteiger partial charge in [0.25, 0.3) is 0 Å². The van der Waals surface area contributed by atoms with Crippen molar-refractivity contribution in [2.24, 2.45) is 7.05 Å². The summed E-state index contributed by atoms with van der Waals surface area (Å²) in [6, 6.07) is 9.69. The number of aromatic nitrogens is 7. The number of H-pyrrole nitrogens is 1. The molecule has 13 nitrogen and oxygen atoms in total. The van der Waals surface area contributed by atoms with E-state index >= 15 is 0 Å². The van der Waals surface area contributed by atoms with Crippen molar-refractivity contribution >= 4 is 64.1 Å². The third-order valence-corrected chi connectivity index (χ3v) is 11.2. The molecule has 0 atom stereocenters. The second-order valence-corrected chi connectivity index (χ2v) is 15.9. The fraction of sp³-hybridized carbons (Fsp3) is 0.378. The molecule has 0 unspecified atom stereocenters. The number of piperidine rings is 1. The molecule has 2 aliphatic heterocycles. The number of benzene rings is 2. The molecule has 6 heterocycles. The first-order chi connectivity index (χ1) is 26.1. The molecule has 0 amide bonds. The van der Waals surface area contributed by atoms with Crippen molar-refractivity contribution in [2.75, 3.05) is 74.9 Å². The number of rotatable bonds is 10. The van der Waals surface area contributed by atoms with Crippen molar-refractivity contribution < 1.29 is 22.6 Å². The smallest absolute Gasteiger partial charge is 0.422 e. The van der Waals surface area contributed by atoms with Crippen LogP contribution in [0.1, 0.15) is 12.8 Å². The Morgan fingerprint density at radius 2 is 1.78 bits per heavy atom. The second-order valence-electron chi connectivity index (χ2n) is 13.7. The molecule has 0 spiro atoms. The topological polar surface area (TPSA) is 134 Å². The monoisotopic (exact) mass is 759 g/mol. The number of alkyl halides is 3. The van der Waals surface area contributed by atoms with E-state index in [1.807, 2.05) is 37.5 Å². The summed E-state index contributed by atoms with van der Waals surface area (Å²) in [6.07, 6.45) is 6.07. The van der Waals surface area contributed by atoms with E-state index in [2.05, 4.69) is 53.8 Å². The van der Waals surface area contributed by atoms with E-state index < -0.39 is 20.7 Å². The summed E-state index contributed by atoms with van der Waals surface area (Å²) in [6.45, 7) is 7.61. The Hall–Kier alpha value is -5.05. The zero-order chi connectivity index (χ0) is 37.4. The van der Waals surface area contributed by atoms with Crippen LogP contribution in [0.25, 0.3) is 33.2 Å². The number of anilines is 5. The average Bonchev–Trinajstić information content (AvgIpc) is 3.83. The second kappa shape index (κ2) is 15.0. The average molecular weight is 760 g/mol. The molecule has 2 fully saturated rings. The van der Waals surface area contributed by atoms with Gasteiger partial charge in [-0.25, -0.2) is 0 Å². The molecule has 6 aromatic rings. The van der Waals surface area contributed by atoms with Crippen molar-refractivity contribution in [1.82, 2.24) is 39.6 Å². The van der Waals surface area contributed by atoms with Crippen molar-refractivity contribution in [3.8, 4) is 16.9 Å². The van der Waals surface area contributed by atoms with Crippen LogP contribution in [0.15, 0.2) is 61.3 Å². The summed E-state index contributed by atoms with van der Waals surface area (Å²) in [5, 5.41) is 12.9. The Balaban J connectivity index is 1.17. The molecule has 3 N–H and O–H groups in total. The molecule has 8 rings (SSSR count). The third-order valence-electron chi connectivity index (χ3n) is 9.85. The number of hydrogen-bond acceptors (Lipinski definition) is 11. The Bertz CT molecular complexity index is 2260. The van der Waals surface area contributed by atoms with Crippen LogP contribution >= 0.6 is 7.92 Å². The van der Waals surface area contributed by atoms with Crippen LogP contribution < -0.4 is 25.6 Å². The Morgan fingerprint density at radius 3 is 2.52 bits per heavy atom. The van der Waals surface area contributed by atoms with Gasteiger partial charge in [-0.3, -0.25) is 19.5 Å². The van der Waals surface area contributed by atoms with Crippen LogP contribution in [0.4, 0.5) is 42.0 Å². The summed E-state index contributed by atoms with van der Waals surface area (Å²) < 4.78 is 53.9. The Labute approximate surface area is 311 Å². The minimum Gasteiger partial charge on any atom is -0.482 e. The van der Waals surface area contributed by atoms with Gasteiger partial charge in [-0.1, -0.05) is 7.92 Å². The highest BCUT2D eigenvalue weighted by molar-refractivity contribution is 7.65. The summed E-state index contributed by atoms with van der Waals surface area (Å²) in [5.41, 5.74) is 5.67.